The van der Waals surface area contributed by atoms with Crippen molar-refractivity contribution in [2.75, 3.05) is 5.32 Å². The average Bonchev–Trinajstić information content (AvgIpc) is 2.96. The molecule has 0 fully saturated rings. The van der Waals surface area contributed by atoms with Crippen LogP contribution in [0.4, 0.5) is 10.5 Å². The molecule has 3 N–H and O–H groups in total. The second-order valence-electron chi connectivity index (χ2n) is 6.60. The highest BCUT2D eigenvalue weighted by atomic mass is 16.6. The van der Waals surface area contributed by atoms with Crippen LogP contribution in [0.15, 0.2) is 36.8 Å². The topological polar surface area (TPSA) is 122 Å². The van der Waals surface area contributed by atoms with Gasteiger partial charge in [-0.2, -0.15) is 0 Å². The molecule has 0 aliphatic carbocycles. The number of nitrogens with zero attached hydrogens (tertiary/aromatic N) is 4. The van der Waals surface area contributed by atoms with Gasteiger partial charge in [0.25, 0.3) is 0 Å². The van der Waals surface area contributed by atoms with Crippen molar-refractivity contribution in [1.29, 1.82) is 0 Å². The zero-order valence-electron chi connectivity index (χ0n) is 14.5. The summed E-state index contributed by atoms with van der Waals surface area (Å²) in [5.41, 5.74) is 1.70. The Morgan fingerprint density at radius 2 is 1.88 bits per heavy atom. The lowest BCUT2D eigenvalue weighted by atomic mass is 10.2. The Morgan fingerprint density at radius 3 is 2.50 bits per heavy atom. The van der Waals surface area contributed by atoms with Crippen LogP contribution in [-0.2, 0) is 4.74 Å². The molecule has 1 amide bonds. The lowest BCUT2D eigenvalue weighted by Gasteiger charge is -2.19. The molecule has 26 heavy (non-hydrogen) atoms. The van der Waals surface area contributed by atoms with E-state index in [1.807, 2.05) is 0 Å². The van der Waals surface area contributed by atoms with E-state index in [1.54, 1.807) is 55.9 Å². The predicted molar refractivity (Wildman–Crippen MR) is 93.7 cm³/mol. The third-order valence-corrected chi connectivity index (χ3v) is 3.33. The van der Waals surface area contributed by atoms with Crippen molar-refractivity contribution in [1.82, 2.24) is 19.5 Å². The summed E-state index contributed by atoms with van der Waals surface area (Å²) < 4.78 is 6.89. The number of hydrogen-bond acceptors (Lipinski definition) is 7. The van der Waals surface area contributed by atoms with Crippen LogP contribution in [0.25, 0.3) is 16.9 Å². The van der Waals surface area contributed by atoms with Gasteiger partial charge in [0.2, 0.25) is 6.29 Å². The molecule has 3 aromatic rings. The van der Waals surface area contributed by atoms with Crippen LogP contribution in [0, 0.1) is 0 Å². The number of imidazole rings is 1. The Morgan fingerprint density at radius 1 is 1.19 bits per heavy atom. The molecule has 0 bridgehead atoms. The Labute approximate surface area is 149 Å². The Kier molecular flexibility index (Phi) is 4.58. The molecule has 0 saturated heterocycles. The molecule has 0 saturated carbocycles. The second kappa shape index (κ2) is 6.70. The van der Waals surface area contributed by atoms with Gasteiger partial charge in [-0.05, 0) is 45.0 Å². The summed E-state index contributed by atoms with van der Waals surface area (Å²) >= 11 is 0. The number of aliphatic hydroxyl groups is 2. The number of amides is 1. The number of anilines is 1. The normalized spacial score (nSPS) is 11.8. The fourth-order valence-corrected chi connectivity index (χ4v) is 2.26. The molecule has 136 valence electrons. The van der Waals surface area contributed by atoms with E-state index in [0.717, 1.165) is 5.69 Å². The number of aromatic nitrogens is 4. The van der Waals surface area contributed by atoms with Crippen LogP contribution < -0.4 is 5.32 Å². The Hall–Kier alpha value is -3.04. The molecule has 9 nitrogen and oxygen atoms in total. The van der Waals surface area contributed by atoms with E-state index in [4.69, 9.17) is 4.74 Å². The third-order valence-electron chi connectivity index (χ3n) is 3.33. The highest BCUT2D eigenvalue weighted by molar-refractivity contribution is 5.85. The maximum atomic E-state index is 11.8. The van der Waals surface area contributed by atoms with Crippen molar-refractivity contribution in [3.05, 3.63) is 42.6 Å². The van der Waals surface area contributed by atoms with Crippen LogP contribution in [-0.4, -0.2) is 41.4 Å². The lowest BCUT2D eigenvalue weighted by Crippen LogP contribution is -2.27. The maximum absolute atomic E-state index is 11.8. The van der Waals surface area contributed by atoms with Crippen LogP contribution in [0.3, 0.4) is 0 Å². The third kappa shape index (κ3) is 3.95. The minimum atomic E-state index is -1.76. The number of carbonyl (C=O) groups is 1. The summed E-state index contributed by atoms with van der Waals surface area (Å²) in [6.45, 7) is 5.37. The van der Waals surface area contributed by atoms with Crippen molar-refractivity contribution in [3.8, 4) is 5.69 Å². The number of nitrogens with one attached hydrogen (secondary N) is 1. The van der Waals surface area contributed by atoms with Crippen molar-refractivity contribution >= 4 is 22.9 Å². The summed E-state index contributed by atoms with van der Waals surface area (Å²) in [5, 5.41) is 21.1. The fourth-order valence-electron chi connectivity index (χ4n) is 2.26. The molecular formula is C17H19N5O4. The molecule has 0 aliphatic rings. The number of hydrogen-bond donors (Lipinski definition) is 3. The van der Waals surface area contributed by atoms with E-state index in [9.17, 15) is 15.0 Å². The van der Waals surface area contributed by atoms with Gasteiger partial charge < -0.3 is 14.9 Å². The van der Waals surface area contributed by atoms with Gasteiger partial charge in [-0.1, -0.05) is 0 Å². The molecule has 1 aromatic carbocycles. The van der Waals surface area contributed by atoms with Crippen molar-refractivity contribution in [3.63, 3.8) is 0 Å². The number of fused-ring (bicyclic) bond motifs is 1. The smallest absolute Gasteiger partial charge is 0.412 e. The van der Waals surface area contributed by atoms with Crippen molar-refractivity contribution in [2.45, 2.75) is 32.7 Å². The first-order chi connectivity index (χ1) is 12.2. The summed E-state index contributed by atoms with van der Waals surface area (Å²) in [7, 11) is 0. The van der Waals surface area contributed by atoms with Crippen molar-refractivity contribution < 1.29 is 19.7 Å². The highest BCUT2D eigenvalue weighted by Crippen LogP contribution is 2.19. The monoisotopic (exact) mass is 357 g/mol. The number of ether oxygens (including phenoxy) is 1. The molecule has 0 aliphatic heterocycles. The Balaban J connectivity index is 1.84. The summed E-state index contributed by atoms with van der Waals surface area (Å²) in [4.78, 5) is 24.0. The molecular weight excluding hydrogens is 338 g/mol. The Bertz CT molecular complexity index is 928. The average molecular weight is 357 g/mol. The van der Waals surface area contributed by atoms with Gasteiger partial charge in [0.15, 0.2) is 11.5 Å². The van der Waals surface area contributed by atoms with E-state index in [2.05, 4.69) is 20.3 Å². The summed E-state index contributed by atoms with van der Waals surface area (Å²) in [6, 6.07) is 6.97. The molecule has 2 heterocycles. The second-order valence-corrected chi connectivity index (χ2v) is 6.60. The zero-order chi connectivity index (χ0) is 18.9. The van der Waals surface area contributed by atoms with Gasteiger partial charge >= 0.3 is 6.09 Å². The van der Waals surface area contributed by atoms with E-state index in [0.29, 0.717) is 16.9 Å². The van der Waals surface area contributed by atoms with Crippen LogP contribution in [0.2, 0.25) is 0 Å². The van der Waals surface area contributed by atoms with E-state index in [1.165, 1.54) is 6.20 Å². The molecule has 0 radical (unpaired) electrons. The largest absolute Gasteiger partial charge is 0.444 e. The summed E-state index contributed by atoms with van der Waals surface area (Å²) in [6.07, 6.45) is 0.686. The minimum absolute atomic E-state index is 0.109. The predicted octanol–water partition coefficient (Wildman–Crippen LogP) is 2.15. The van der Waals surface area contributed by atoms with Gasteiger partial charge in [0.1, 0.15) is 17.4 Å². The van der Waals surface area contributed by atoms with Gasteiger partial charge in [-0.25, -0.2) is 19.7 Å². The molecule has 3 rings (SSSR count). The van der Waals surface area contributed by atoms with E-state index in [-0.39, 0.29) is 5.82 Å². The van der Waals surface area contributed by atoms with Crippen molar-refractivity contribution in [2.24, 2.45) is 0 Å². The van der Waals surface area contributed by atoms with Gasteiger partial charge in [-0.15, -0.1) is 0 Å². The van der Waals surface area contributed by atoms with E-state index < -0.39 is 18.0 Å². The summed E-state index contributed by atoms with van der Waals surface area (Å²) in [5.74, 6) is -0.109. The highest BCUT2D eigenvalue weighted by Gasteiger charge is 2.16. The zero-order valence-corrected chi connectivity index (χ0v) is 14.5. The van der Waals surface area contributed by atoms with E-state index >= 15 is 0 Å². The number of aliphatic hydroxyl groups excluding tert-OH is 1. The number of benzene rings is 1. The first-order valence-electron chi connectivity index (χ1n) is 7.89. The molecule has 0 unspecified atom stereocenters. The fraction of sp³-hybridized carbons (Fsp3) is 0.294. The van der Waals surface area contributed by atoms with Crippen LogP contribution in [0.1, 0.15) is 32.9 Å². The first-order valence-corrected chi connectivity index (χ1v) is 7.89. The van der Waals surface area contributed by atoms with Gasteiger partial charge in [0, 0.05) is 11.4 Å². The first kappa shape index (κ1) is 17.8. The quantitative estimate of drug-likeness (QED) is 0.614. The number of carbonyl (C=O) groups excluding carboxylic acids is 1. The standard InChI is InChI=1S/C17H19N5O4/c1-17(2,3)26-16(25)20-10-4-6-11(7-5-10)22-9-19-12-8-18-13(15(23)24)21-14(12)22/h4-9,15,23-24H,1-3H3,(H,20,25). The molecule has 0 atom stereocenters. The SMILES string of the molecule is CC(C)(C)OC(=O)Nc1ccc(-n2cnc3cnc(C(O)O)nc32)cc1. The van der Waals surface area contributed by atoms with Crippen LogP contribution >= 0.6 is 0 Å². The maximum Gasteiger partial charge on any atom is 0.412 e. The molecule has 0 spiro atoms. The minimum Gasteiger partial charge on any atom is -0.444 e. The van der Waals surface area contributed by atoms with Gasteiger partial charge in [-0.3, -0.25) is 9.88 Å². The molecule has 2 aromatic heterocycles. The molecule has 9 heteroatoms. The van der Waals surface area contributed by atoms with Crippen LogP contribution in [0.5, 0.6) is 0 Å². The lowest BCUT2D eigenvalue weighted by molar-refractivity contribution is -0.0492. The number of rotatable bonds is 3. The van der Waals surface area contributed by atoms with Gasteiger partial charge in [0.05, 0.1) is 6.20 Å².